The van der Waals surface area contributed by atoms with Gasteiger partial charge in [-0.2, -0.15) is 5.10 Å². The molecule has 0 radical (unpaired) electrons. The van der Waals surface area contributed by atoms with E-state index in [2.05, 4.69) is 11.2 Å². The van der Waals surface area contributed by atoms with Crippen molar-refractivity contribution < 1.29 is 14.5 Å². The fourth-order valence-corrected chi connectivity index (χ4v) is 5.91. The van der Waals surface area contributed by atoms with E-state index >= 15 is 0 Å². The Morgan fingerprint density at radius 1 is 1.08 bits per heavy atom. The number of benzene rings is 2. The van der Waals surface area contributed by atoms with Gasteiger partial charge in [0.1, 0.15) is 16.7 Å². The van der Waals surface area contributed by atoms with Crippen LogP contribution in [0.25, 0.3) is 22.3 Å². The van der Waals surface area contributed by atoms with Gasteiger partial charge < -0.3 is 4.74 Å². The number of carbonyl (C=O) groups excluding carboxylic acids is 1. The average Bonchev–Trinajstić information content (AvgIpc) is 3.25. The second kappa shape index (κ2) is 9.42. The number of para-hydroxylation sites is 2. The summed E-state index contributed by atoms with van der Waals surface area (Å²) in [5.74, 6) is -0.547. The maximum absolute atomic E-state index is 13.3. The number of ether oxygens (including phenoxy) is 1. The van der Waals surface area contributed by atoms with Crippen molar-refractivity contribution >= 4 is 40.0 Å². The first kappa shape index (κ1) is 23.9. The van der Waals surface area contributed by atoms with E-state index in [4.69, 9.17) is 9.72 Å². The van der Waals surface area contributed by atoms with Gasteiger partial charge in [-0.3, -0.25) is 10.1 Å². The summed E-state index contributed by atoms with van der Waals surface area (Å²) in [6.45, 7) is 3.87. The predicted molar refractivity (Wildman–Crippen MR) is 146 cm³/mol. The molecule has 0 spiro atoms. The number of esters is 1. The molecular formula is C29H22N4O4S. The number of aryl methyl sites for hydroxylation is 1. The first-order chi connectivity index (χ1) is 18.4. The number of allylic oxidation sites excluding steroid dienone is 2. The Kier molecular flexibility index (Phi) is 5.92. The molecule has 188 valence electrons. The van der Waals surface area contributed by atoms with Crippen molar-refractivity contribution in [3.8, 4) is 5.69 Å². The van der Waals surface area contributed by atoms with Crippen LogP contribution in [0.4, 0.5) is 5.69 Å². The van der Waals surface area contributed by atoms with Crippen LogP contribution in [-0.2, 0) is 9.53 Å². The fraction of sp³-hybridized carbons (Fsp3) is 0.138. The zero-order chi connectivity index (χ0) is 26.4. The lowest BCUT2D eigenvalue weighted by Crippen LogP contribution is -2.33. The minimum absolute atomic E-state index is 0.0560. The van der Waals surface area contributed by atoms with Gasteiger partial charge in [0, 0.05) is 28.5 Å². The van der Waals surface area contributed by atoms with Crippen molar-refractivity contribution in [1.82, 2.24) is 14.8 Å². The van der Waals surface area contributed by atoms with E-state index in [1.165, 1.54) is 22.5 Å². The molecule has 0 saturated heterocycles. The van der Waals surface area contributed by atoms with Gasteiger partial charge in [-0.1, -0.05) is 59.8 Å². The van der Waals surface area contributed by atoms with Gasteiger partial charge in [0.2, 0.25) is 0 Å². The number of fused-ring (bicyclic) bond motifs is 2. The minimum Gasteiger partial charge on any atom is -0.453 e. The lowest BCUT2D eigenvalue weighted by Gasteiger charge is -2.33. The molecule has 0 fully saturated rings. The highest BCUT2D eigenvalue weighted by atomic mass is 32.2. The molecule has 2 aromatic heterocycles. The normalized spacial score (nSPS) is 18.8. The van der Waals surface area contributed by atoms with Crippen molar-refractivity contribution in [3.63, 3.8) is 0 Å². The van der Waals surface area contributed by atoms with Crippen LogP contribution in [0, 0.1) is 23.0 Å². The fourth-order valence-electron chi connectivity index (χ4n) is 4.88. The lowest BCUT2D eigenvalue weighted by atomic mass is 9.82. The number of nitro groups is 1. The molecule has 6 rings (SSSR count). The highest BCUT2D eigenvalue weighted by Gasteiger charge is 2.38. The van der Waals surface area contributed by atoms with E-state index < -0.39 is 11.0 Å². The second-order valence-electron chi connectivity index (χ2n) is 9.16. The summed E-state index contributed by atoms with van der Waals surface area (Å²) >= 11 is 1.38. The molecule has 1 aliphatic heterocycles. The van der Waals surface area contributed by atoms with Crippen LogP contribution in [0.5, 0.6) is 0 Å². The number of hydrogen-bond acceptors (Lipinski definition) is 7. The molecule has 1 aliphatic carbocycles. The monoisotopic (exact) mass is 522 g/mol. The van der Waals surface area contributed by atoms with E-state index in [-0.39, 0.29) is 17.6 Å². The van der Waals surface area contributed by atoms with Gasteiger partial charge in [0.15, 0.2) is 5.65 Å². The maximum Gasteiger partial charge on any atom is 0.345 e. The van der Waals surface area contributed by atoms with Gasteiger partial charge in [0.05, 0.1) is 10.6 Å². The summed E-state index contributed by atoms with van der Waals surface area (Å²) in [5, 5.41) is 17.0. The van der Waals surface area contributed by atoms with E-state index in [0.29, 0.717) is 21.9 Å². The second-order valence-corrected chi connectivity index (χ2v) is 10.2. The third-order valence-corrected chi connectivity index (χ3v) is 7.74. The molecule has 9 heteroatoms. The summed E-state index contributed by atoms with van der Waals surface area (Å²) in [5.41, 5.74) is 4.18. The molecule has 0 N–H and O–H groups in total. The summed E-state index contributed by atoms with van der Waals surface area (Å²) < 4.78 is 7.34. The molecule has 2 aromatic carbocycles. The molecular weight excluding hydrogens is 500 g/mol. The van der Waals surface area contributed by atoms with Gasteiger partial charge >= 0.3 is 5.97 Å². The molecule has 8 nitrogen and oxygen atoms in total. The Balaban J connectivity index is 1.54. The van der Waals surface area contributed by atoms with Crippen LogP contribution in [0.3, 0.4) is 0 Å². The zero-order valence-electron chi connectivity index (χ0n) is 20.6. The van der Waals surface area contributed by atoms with Crippen molar-refractivity contribution in [2.75, 3.05) is 0 Å². The van der Waals surface area contributed by atoms with Gasteiger partial charge in [-0.05, 0) is 55.3 Å². The largest absolute Gasteiger partial charge is 0.453 e. The van der Waals surface area contributed by atoms with Crippen molar-refractivity contribution in [2.24, 2.45) is 5.92 Å². The van der Waals surface area contributed by atoms with Gasteiger partial charge in [0.25, 0.3) is 5.69 Å². The molecule has 0 bridgehead atoms. The molecule has 0 amide bonds. The third-order valence-electron chi connectivity index (χ3n) is 6.64. The quantitative estimate of drug-likeness (QED) is 0.175. The number of nitrogens with zero attached hydrogens (tertiary/aromatic N) is 4. The van der Waals surface area contributed by atoms with Crippen LogP contribution in [0.15, 0.2) is 100 Å². The maximum atomic E-state index is 13.3. The topological polar surface area (TPSA) is 100 Å². The number of rotatable bonds is 5. The Bertz CT molecular complexity index is 1700. The Labute approximate surface area is 222 Å². The van der Waals surface area contributed by atoms with Crippen molar-refractivity contribution in [2.45, 2.75) is 24.8 Å². The van der Waals surface area contributed by atoms with Crippen LogP contribution >= 0.6 is 11.8 Å². The predicted octanol–water partition coefficient (Wildman–Crippen LogP) is 6.20. The average molecular weight is 523 g/mol. The van der Waals surface area contributed by atoms with Gasteiger partial charge in [-0.15, -0.1) is 0 Å². The third kappa shape index (κ3) is 4.10. The van der Waals surface area contributed by atoms with Crippen molar-refractivity contribution in [3.05, 3.63) is 117 Å². The highest BCUT2D eigenvalue weighted by Crippen LogP contribution is 2.45. The summed E-state index contributed by atoms with van der Waals surface area (Å²) in [6, 6.07) is 18.1. The smallest absolute Gasteiger partial charge is 0.345 e. The van der Waals surface area contributed by atoms with Crippen molar-refractivity contribution in [1.29, 1.82) is 0 Å². The molecule has 2 atom stereocenters. The number of nitro benzene ring substituents is 1. The highest BCUT2D eigenvalue weighted by molar-refractivity contribution is 8.04. The summed E-state index contributed by atoms with van der Waals surface area (Å²) in [7, 11) is 0. The van der Waals surface area contributed by atoms with Crippen LogP contribution in [0.2, 0.25) is 0 Å². The number of carbonyl (C=O) groups is 1. The van der Waals surface area contributed by atoms with Crippen LogP contribution in [0.1, 0.15) is 18.2 Å². The molecule has 0 saturated carbocycles. The Morgan fingerprint density at radius 3 is 2.63 bits per heavy atom. The first-order valence-corrected chi connectivity index (χ1v) is 12.9. The minimum atomic E-state index is -0.427. The number of thioether (sulfide) groups is 1. The molecule has 2 unspecified atom stereocenters. The SMILES string of the molecule is CC1=CC2C(c3cnc4c(c3)c(C)nn4-c3ccccc3[N+](=O)[O-])=C(Sc3ccccc3)C(=O)OC2C=C1. The van der Waals surface area contributed by atoms with Crippen LogP contribution in [-0.4, -0.2) is 31.8 Å². The zero-order valence-corrected chi connectivity index (χ0v) is 21.4. The molecule has 4 aromatic rings. The molecule has 2 aliphatic rings. The number of aromatic nitrogens is 3. The summed E-state index contributed by atoms with van der Waals surface area (Å²) in [6.07, 6.45) is 7.31. The van der Waals surface area contributed by atoms with E-state index in [1.54, 1.807) is 24.4 Å². The Morgan fingerprint density at radius 2 is 1.84 bits per heavy atom. The standard InChI is InChI=1S/C29H22N4O4S/c1-17-12-13-25-22(14-17)26(27(29(34)37-25)38-20-8-4-3-5-9-20)19-15-21-18(2)31-32(28(21)30-16-19)23-10-6-7-11-24(23)33(35)36/h3-16,22,25H,1-2H3. The van der Waals surface area contributed by atoms with E-state index in [0.717, 1.165) is 27.0 Å². The number of hydrogen-bond donors (Lipinski definition) is 0. The van der Waals surface area contributed by atoms with Gasteiger partial charge in [-0.25, -0.2) is 14.5 Å². The lowest BCUT2D eigenvalue weighted by molar-refractivity contribution is -0.384. The van der Waals surface area contributed by atoms with E-state index in [9.17, 15) is 14.9 Å². The van der Waals surface area contributed by atoms with Crippen LogP contribution < -0.4 is 0 Å². The number of pyridine rings is 1. The molecule has 3 heterocycles. The Hall–Kier alpha value is -4.50. The summed E-state index contributed by atoms with van der Waals surface area (Å²) in [4.78, 5) is 30.7. The van der Waals surface area contributed by atoms with E-state index in [1.807, 2.05) is 62.4 Å². The molecule has 38 heavy (non-hydrogen) atoms. The first-order valence-electron chi connectivity index (χ1n) is 12.0.